The summed E-state index contributed by atoms with van der Waals surface area (Å²) in [5.74, 6) is -1.60. The van der Waals surface area contributed by atoms with E-state index in [4.69, 9.17) is 9.47 Å². The van der Waals surface area contributed by atoms with Gasteiger partial charge in [0.25, 0.3) is 0 Å². The normalized spacial score (nSPS) is 27.7. The fraction of sp³-hybridized carbons (Fsp3) is 0.700. The Kier molecular flexibility index (Phi) is 6.56. The summed E-state index contributed by atoms with van der Waals surface area (Å²) in [6, 6.07) is 0. The number of carbonyl (C=O) groups is 2. The Bertz CT molecular complexity index is 754. The summed E-state index contributed by atoms with van der Waals surface area (Å²) >= 11 is 2.89. The fourth-order valence-electron chi connectivity index (χ4n) is 4.56. The Morgan fingerprint density at radius 3 is 2.48 bits per heavy atom. The van der Waals surface area contributed by atoms with Crippen LogP contribution in [0.5, 0.6) is 0 Å². The van der Waals surface area contributed by atoms with E-state index in [9.17, 15) is 9.59 Å². The number of carbonyl (C=O) groups excluding carboxylic acids is 2. The Labute approximate surface area is 179 Å². The molecule has 4 aliphatic rings. The maximum atomic E-state index is 12.3. The molecule has 9 heteroatoms. The second-order valence-electron chi connectivity index (χ2n) is 7.83. The molecule has 5 rings (SSSR count). The lowest BCUT2D eigenvalue weighted by Crippen LogP contribution is -2.66. The predicted molar refractivity (Wildman–Crippen MR) is 110 cm³/mol. The van der Waals surface area contributed by atoms with Gasteiger partial charge in [0, 0.05) is 25.2 Å². The van der Waals surface area contributed by atoms with E-state index in [0.29, 0.717) is 0 Å². The van der Waals surface area contributed by atoms with Crippen LogP contribution in [0.2, 0.25) is 0 Å². The van der Waals surface area contributed by atoms with Gasteiger partial charge in [-0.3, -0.25) is 0 Å². The van der Waals surface area contributed by atoms with Gasteiger partial charge in [-0.15, -0.1) is 11.8 Å². The van der Waals surface area contributed by atoms with Crippen molar-refractivity contribution in [2.45, 2.75) is 68.7 Å². The highest BCUT2D eigenvalue weighted by Crippen LogP contribution is 2.52. The zero-order valence-corrected chi connectivity index (χ0v) is 18.3. The topological polar surface area (TPSA) is 81.6 Å². The van der Waals surface area contributed by atoms with E-state index in [-0.39, 0.29) is 11.8 Å². The molecular formula is C20H27N3O4S2. The quantitative estimate of drug-likeness (QED) is 0.346. The van der Waals surface area contributed by atoms with Crippen molar-refractivity contribution in [2.75, 3.05) is 18.8 Å². The van der Waals surface area contributed by atoms with Gasteiger partial charge in [0.05, 0.1) is 11.7 Å². The van der Waals surface area contributed by atoms with Gasteiger partial charge >= 0.3 is 17.8 Å². The lowest BCUT2D eigenvalue weighted by molar-refractivity contribution is -0.324. The Hall–Kier alpha value is -1.45. The van der Waals surface area contributed by atoms with Crippen molar-refractivity contribution < 1.29 is 19.1 Å². The number of aromatic nitrogens is 2. The van der Waals surface area contributed by atoms with Crippen LogP contribution in [-0.4, -0.2) is 50.3 Å². The zero-order chi connectivity index (χ0) is 20.3. The van der Waals surface area contributed by atoms with Gasteiger partial charge in [-0.1, -0.05) is 32.6 Å². The third-order valence-corrected chi connectivity index (χ3v) is 7.68. The first kappa shape index (κ1) is 20.8. The van der Waals surface area contributed by atoms with Crippen molar-refractivity contribution in [1.29, 1.82) is 0 Å². The first-order valence-corrected chi connectivity index (χ1v) is 12.2. The number of piperidine rings is 3. The molecule has 0 amide bonds. The number of hydrogen-bond donors (Lipinski definition) is 0. The highest BCUT2D eigenvalue weighted by atomic mass is 32.2. The third kappa shape index (κ3) is 4.22. The summed E-state index contributed by atoms with van der Waals surface area (Å²) in [7, 11) is 0. The highest BCUT2D eigenvalue weighted by Gasteiger charge is 2.62. The summed E-state index contributed by atoms with van der Waals surface area (Å²) < 4.78 is 20.7. The number of esters is 2. The molecule has 1 aromatic heterocycles. The van der Waals surface area contributed by atoms with Crippen LogP contribution >= 0.6 is 23.5 Å². The first-order valence-electron chi connectivity index (χ1n) is 10.5. The summed E-state index contributed by atoms with van der Waals surface area (Å²) in [6.45, 7) is 3.69. The van der Waals surface area contributed by atoms with Crippen LogP contribution in [0.25, 0.3) is 0 Å². The number of thioether (sulfide) groups is 1. The predicted octanol–water partition coefficient (Wildman–Crippen LogP) is 3.72. The van der Waals surface area contributed by atoms with Crippen molar-refractivity contribution in [3.8, 4) is 0 Å². The molecular weight excluding hydrogens is 410 g/mol. The van der Waals surface area contributed by atoms with Crippen molar-refractivity contribution in [1.82, 2.24) is 13.6 Å². The number of ether oxygens (including phenoxy) is 2. The van der Waals surface area contributed by atoms with Crippen molar-refractivity contribution in [3.63, 3.8) is 0 Å². The minimum atomic E-state index is -1.41. The fourth-order valence-corrected chi connectivity index (χ4v) is 6.28. The Morgan fingerprint density at radius 2 is 1.79 bits per heavy atom. The van der Waals surface area contributed by atoms with E-state index in [1.54, 1.807) is 11.8 Å². The maximum Gasteiger partial charge on any atom is 0.335 e. The van der Waals surface area contributed by atoms with Crippen molar-refractivity contribution in [3.05, 3.63) is 17.8 Å². The van der Waals surface area contributed by atoms with Gasteiger partial charge in [0.2, 0.25) is 0 Å². The molecule has 0 radical (unpaired) electrons. The van der Waals surface area contributed by atoms with Crippen LogP contribution in [0.1, 0.15) is 63.5 Å². The Morgan fingerprint density at radius 1 is 1.10 bits per heavy atom. The zero-order valence-electron chi connectivity index (χ0n) is 16.7. The number of hydrogen-bond acceptors (Lipinski definition) is 9. The lowest BCUT2D eigenvalue weighted by atomic mass is 9.74. The van der Waals surface area contributed by atoms with Crippen LogP contribution < -0.4 is 0 Å². The van der Waals surface area contributed by atoms with Crippen LogP contribution in [-0.2, 0) is 19.1 Å². The van der Waals surface area contributed by atoms with Gasteiger partial charge in [0.1, 0.15) is 16.6 Å². The molecule has 1 atom stereocenters. The van der Waals surface area contributed by atoms with Gasteiger partial charge in [-0.25, -0.2) is 14.5 Å². The average molecular weight is 438 g/mol. The lowest BCUT2D eigenvalue weighted by Gasteiger charge is -2.55. The van der Waals surface area contributed by atoms with Crippen molar-refractivity contribution in [2.24, 2.45) is 5.92 Å². The van der Waals surface area contributed by atoms with Gasteiger partial charge in [-0.2, -0.15) is 8.75 Å². The molecule has 3 fully saturated rings. The van der Waals surface area contributed by atoms with Gasteiger partial charge < -0.3 is 9.47 Å². The number of unbranched alkanes of at least 4 members (excludes halogenated alkanes) is 4. The second-order valence-corrected chi connectivity index (χ2v) is 9.44. The molecule has 29 heavy (non-hydrogen) atoms. The van der Waals surface area contributed by atoms with E-state index < -0.39 is 17.8 Å². The van der Waals surface area contributed by atoms with Crippen LogP contribution in [0, 0.1) is 5.92 Å². The number of rotatable bonds is 8. The monoisotopic (exact) mass is 437 g/mol. The largest absolute Gasteiger partial charge is 0.404 e. The molecule has 1 unspecified atom stereocenters. The number of fused-ring (bicyclic) bond motifs is 2. The number of nitrogens with zero attached hydrogens (tertiary/aromatic N) is 3. The summed E-state index contributed by atoms with van der Waals surface area (Å²) in [5, 5.41) is 0.882. The smallest absolute Gasteiger partial charge is 0.335 e. The van der Waals surface area contributed by atoms with E-state index >= 15 is 0 Å². The maximum absolute atomic E-state index is 12.3. The Balaban J connectivity index is 1.56. The summed E-state index contributed by atoms with van der Waals surface area (Å²) in [6.07, 6.45) is 10.4. The van der Waals surface area contributed by atoms with E-state index in [1.807, 2.05) is 4.90 Å². The summed E-state index contributed by atoms with van der Waals surface area (Å²) in [5.41, 5.74) is 0.811. The molecule has 5 heterocycles. The second kappa shape index (κ2) is 9.14. The molecule has 3 saturated heterocycles. The molecule has 1 aromatic rings. The van der Waals surface area contributed by atoms with Crippen LogP contribution in [0.15, 0.2) is 17.2 Å². The third-order valence-electron chi connectivity index (χ3n) is 5.96. The van der Waals surface area contributed by atoms with E-state index in [1.165, 1.54) is 37.4 Å². The van der Waals surface area contributed by atoms with Gasteiger partial charge in [-0.05, 0) is 30.9 Å². The molecule has 158 valence electrons. The molecule has 0 saturated carbocycles. The minimum absolute atomic E-state index is 0.242. The SMILES string of the molecule is CCCCCCCSc1nsnc1C1C2CCN(CC2)C12OC(=O)C=CC(=O)O2. The summed E-state index contributed by atoms with van der Waals surface area (Å²) in [4.78, 5) is 26.5. The molecule has 0 aliphatic carbocycles. The first-order chi connectivity index (χ1) is 14.1. The van der Waals surface area contributed by atoms with Crippen molar-refractivity contribution >= 4 is 35.4 Å². The molecule has 0 N–H and O–H groups in total. The molecule has 7 nitrogen and oxygen atoms in total. The molecule has 1 spiro atoms. The minimum Gasteiger partial charge on any atom is -0.404 e. The van der Waals surface area contributed by atoms with E-state index in [0.717, 1.165) is 61.0 Å². The molecule has 2 bridgehead atoms. The highest BCUT2D eigenvalue weighted by molar-refractivity contribution is 7.99. The van der Waals surface area contributed by atoms with Crippen LogP contribution in [0.3, 0.4) is 0 Å². The van der Waals surface area contributed by atoms with E-state index in [2.05, 4.69) is 15.7 Å². The molecule has 0 aromatic carbocycles. The van der Waals surface area contributed by atoms with Gasteiger partial charge in [0.15, 0.2) is 0 Å². The standard InChI is InChI=1S/C20H27N3O4S2/c1-2-3-4-5-6-13-28-19-18(21-29-22-19)17-14-9-11-23(12-10-14)20(17)26-15(24)7-8-16(25)27-20/h7-8,14,17H,2-6,9-13H2,1H3. The molecule has 4 aliphatic heterocycles. The van der Waals surface area contributed by atoms with Crippen LogP contribution in [0.4, 0.5) is 0 Å². The average Bonchev–Trinajstić information content (AvgIpc) is 3.11.